The van der Waals surface area contributed by atoms with E-state index in [0.717, 1.165) is 31.5 Å². The molecule has 33 heavy (non-hydrogen) atoms. The Kier molecular flexibility index (Phi) is 5.97. The number of alkyl halides is 2. The minimum atomic E-state index is -3.68. The first-order valence-corrected chi connectivity index (χ1v) is 10.6. The maximum Gasteiger partial charge on any atom is 0.353 e. The van der Waals surface area contributed by atoms with Crippen molar-refractivity contribution in [2.24, 2.45) is 5.73 Å². The fourth-order valence-corrected chi connectivity index (χ4v) is 5.70. The molecule has 0 spiro atoms. The van der Waals surface area contributed by atoms with Crippen molar-refractivity contribution < 1.29 is 13.6 Å². The molecule has 12 heteroatoms. The number of benzene rings is 1. The van der Waals surface area contributed by atoms with Gasteiger partial charge in [0.15, 0.2) is 5.65 Å². The van der Waals surface area contributed by atoms with Gasteiger partial charge in [0.05, 0.1) is 22.5 Å². The number of aromatic nitrogens is 3. The van der Waals surface area contributed by atoms with Crippen LogP contribution in [0.1, 0.15) is 31.2 Å². The average molecular weight is 518 g/mol. The zero-order valence-electron chi connectivity index (χ0n) is 17.1. The number of nitrogens with one attached hydrogen (secondary N) is 2. The number of anilines is 2. The van der Waals surface area contributed by atoms with Gasteiger partial charge in [-0.3, -0.25) is 4.79 Å². The second-order valence-corrected chi connectivity index (χ2v) is 8.91. The summed E-state index contributed by atoms with van der Waals surface area (Å²) < 4.78 is 28.7. The van der Waals surface area contributed by atoms with Gasteiger partial charge in [-0.1, -0.05) is 17.7 Å². The monoisotopic (exact) mass is 516 g/mol. The quantitative estimate of drug-likeness (QED) is 0.460. The molecule has 0 saturated carbocycles. The Morgan fingerprint density at radius 1 is 1.15 bits per heavy atom. The van der Waals surface area contributed by atoms with Crippen LogP contribution < -0.4 is 16.0 Å². The topological polar surface area (TPSA) is 99.9 Å². The predicted octanol–water partition coefficient (Wildman–Crippen LogP) is 4.62. The number of nitrogens with two attached hydrogens (primary N) is 1. The van der Waals surface area contributed by atoms with Gasteiger partial charge in [0, 0.05) is 35.4 Å². The number of hydrogen-bond acceptors (Lipinski definition) is 5. The van der Waals surface area contributed by atoms with Crippen LogP contribution >= 0.6 is 36.4 Å². The molecule has 4 N–H and O–H groups in total. The Bertz CT molecular complexity index is 1240. The number of rotatable bonds is 2. The normalized spacial score (nSPS) is 24.8. The summed E-state index contributed by atoms with van der Waals surface area (Å²) in [6, 6.07) is 4.00. The molecule has 2 aromatic heterocycles. The number of halogens is 5. The number of H-pyrrole nitrogens is 1. The summed E-state index contributed by atoms with van der Waals surface area (Å²) in [5.41, 5.74) is 7.71. The van der Waals surface area contributed by atoms with Crippen molar-refractivity contribution in [3.8, 4) is 11.1 Å². The summed E-state index contributed by atoms with van der Waals surface area (Å²) in [5.74, 6) is -4.26. The number of aromatic amines is 1. The largest absolute Gasteiger partial charge is 0.353 e. The van der Waals surface area contributed by atoms with Crippen LogP contribution in [0.25, 0.3) is 22.3 Å². The summed E-state index contributed by atoms with van der Waals surface area (Å²) in [6.07, 6.45) is 7.46. The number of fused-ring (bicyclic) bond motifs is 4. The Labute approximate surface area is 205 Å². The summed E-state index contributed by atoms with van der Waals surface area (Å²) >= 11 is 6.35. The molecule has 2 atom stereocenters. The third-order valence-corrected chi connectivity index (χ3v) is 7.07. The number of carbonyl (C=O) groups excluding carboxylic acids is 1. The SMILES string of the molecule is Cl.Cl.NC1CC2CCC(C1)N2c1cnc2c(-c3ccc4c(c3Cl)C(F)(F)C(=O)N4)c[nH]c2n1. The minimum absolute atomic E-state index is 0. The lowest BCUT2D eigenvalue weighted by Crippen LogP contribution is -2.47. The second kappa shape index (κ2) is 8.23. The highest BCUT2D eigenvalue weighted by Crippen LogP contribution is 2.48. The summed E-state index contributed by atoms with van der Waals surface area (Å²) in [4.78, 5) is 26.4. The maximum absolute atomic E-state index is 14.3. The number of carbonyl (C=O) groups is 1. The highest BCUT2D eigenvalue weighted by molar-refractivity contribution is 6.36. The summed E-state index contributed by atoms with van der Waals surface area (Å²) in [5, 5.41) is 2.00. The molecule has 2 saturated heterocycles. The van der Waals surface area contributed by atoms with E-state index in [0.29, 0.717) is 34.4 Å². The van der Waals surface area contributed by atoms with E-state index in [1.54, 1.807) is 18.5 Å². The van der Waals surface area contributed by atoms with Crippen LogP contribution in [-0.4, -0.2) is 39.0 Å². The van der Waals surface area contributed by atoms with Crippen LogP contribution in [0.5, 0.6) is 0 Å². The van der Waals surface area contributed by atoms with E-state index in [1.807, 2.05) is 0 Å². The molecular formula is C21H21Cl3F2N6O. The lowest BCUT2D eigenvalue weighted by Gasteiger charge is -2.38. The Balaban J connectivity index is 0.00000130. The van der Waals surface area contributed by atoms with E-state index < -0.39 is 17.4 Å². The number of hydrogen-bond donors (Lipinski definition) is 3. The van der Waals surface area contributed by atoms with Gasteiger partial charge in [0.25, 0.3) is 5.91 Å². The maximum atomic E-state index is 14.3. The van der Waals surface area contributed by atoms with Crippen molar-refractivity contribution >= 4 is 65.0 Å². The standard InChI is InChI=1S/C21H19ClF2N6O.2ClH/c22-17-12(3-4-14-16(17)21(23,24)20(31)28-14)13-7-27-19-18(13)26-8-15(29-19)30-10-1-2-11(30)6-9(25)5-10;;/h3-4,7-11H,1-2,5-6,25H2,(H,27,29)(H,28,31);2*1H. The van der Waals surface area contributed by atoms with E-state index in [4.69, 9.17) is 22.3 Å². The molecule has 2 fully saturated rings. The minimum Gasteiger partial charge on any atom is -0.349 e. The third-order valence-electron chi connectivity index (χ3n) is 6.68. The first-order chi connectivity index (χ1) is 14.8. The van der Waals surface area contributed by atoms with Crippen molar-refractivity contribution in [2.75, 3.05) is 10.2 Å². The van der Waals surface area contributed by atoms with Gasteiger partial charge in [0.1, 0.15) is 11.3 Å². The van der Waals surface area contributed by atoms with Gasteiger partial charge < -0.3 is 20.9 Å². The molecule has 0 aliphatic carbocycles. The average Bonchev–Trinajstić information content (AvgIpc) is 3.33. The first kappa shape index (κ1) is 23.9. The molecule has 0 radical (unpaired) electrons. The van der Waals surface area contributed by atoms with Crippen LogP contribution in [0.15, 0.2) is 24.5 Å². The lowest BCUT2D eigenvalue weighted by atomic mass is 9.98. The smallest absolute Gasteiger partial charge is 0.349 e. The number of nitrogens with zero attached hydrogens (tertiary/aromatic N) is 3. The van der Waals surface area contributed by atoms with E-state index >= 15 is 0 Å². The summed E-state index contributed by atoms with van der Waals surface area (Å²) in [6.45, 7) is 0. The molecule has 1 aromatic carbocycles. The van der Waals surface area contributed by atoms with Gasteiger partial charge in [-0.05, 0) is 31.7 Å². The van der Waals surface area contributed by atoms with Gasteiger partial charge in [-0.15, -0.1) is 24.8 Å². The molecule has 3 aliphatic heterocycles. The molecule has 176 valence electrons. The molecular weight excluding hydrogens is 497 g/mol. The molecule has 3 aliphatic rings. The predicted molar refractivity (Wildman–Crippen MR) is 128 cm³/mol. The molecule has 2 bridgehead atoms. The highest BCUT2D eigenvalue weighted by Gasteiger charge is 2.50. The van der Waals surface area contributed by atoms with Crippen molar-refractivity contribution in [3.05, 3.63) is 35.1 Å². The van der Waals surface area contributed by atoms with Gasteiger partial charge in [0.2, 0.25) is 0 Å². The fraction of sp³-hybridized carbons (Fsp3) is 0.381. The Morgan fingerprint density at radius 2 is 1.85 bits per heavy atom. The molecule has 6 rings (SSSR count). The van der Waals surface area contributed by atoms with Gasteiger partial charge in [-0.25, -0.2) is 9.97 Å². The van der Waals surface area contributed by atoms with Crippen molar-refractivity contribution in [3.63, 3.8) is 0 Å². The van der Waals surface area contributed by atoms with Crippen molar-refractivity contribution in [1.29, 1.82) is 0 Å². The van der Waals surface area contributed by atoms with E-state index in [2.05, 4.69) is 20.2 Å². The fourth-order valence-electron chi connectivity index (χ4n) is 5.32. The van der Waals surface area contributed by atoms with Crippen molar-refractivity contribution in [1.82, 2.24) is 15.0 Å². The van der Waals surface area contributed by atoms with Gasteiger partial charge in [-0.2, -0.15) is 8.78 Å². The van der Waals surface area contributed by atoms with Crippen molar-refractivity contribution in [2.45, 2.75) is 49.7 Å². The van der Waals surface area contributed by atoms with Crippen LogP contribution in [0.4, 0.5) is 20.3 Å². The van der Waals surface area contributed by atoms with Crippen LogP contribution in [0.3, 0.4) is 0 Å². The van der Waals surface area contributed by atoms with Crippen LogP contribution in [0.2, 0.25) is 5.02 Å². The van der Waals surface area contributed by atoms with Crippen LogP contribution in [-0.2, 0) is 10.7 Å². The Hall–Kier alpha value is -2.20. The van der Waals surface area contributed by atoms with Gasteiger partial charge >= 0.3 is 5.92 Å². The molecule has 1 amide bonds. The van der Waals surface area contributed by atoms with E-state index in [9.17, 15) is 13.6 Å². The highest BCUT2D eigenvalue weighted by atomic mass is 35.5. The third kappa shape index (κ3) is 3.44. The van der Waals surface area contributed by atoms with E-state index in [1.165, 1.54) is 6.07 Å². The van der Waals surface area contributed by atoms with Crippen LogP contribution in [0, 0.1) is 0 Å². The van der Waals surface area contributed by atoms with E-state index in [-0.39, 0.29) is 41.6 Å². The molecule has 5 heterocycles. The zero-order valence-corrected chi connectivity index (χ0v) is 19.5. The zero-order chi connectivity index (χ0) is 21.5. The second-order valence-electron chi connectivity index (χ2n) is 8.53. The Morgan fingerprint density at radius 3 is 2.55 bits per heavy atom. The summed E-state index contributed by atoms with van der Waals surface area (Å²) in [7, 11) is 0. The molecule has 3 aromatic rings. The lowest BCUT2D eigenvalue weighted by molar-refractivity contribution is -0.139. The molecule has 2 unspecified atom stereocenters. The molecule has 7 nitrogen and oxygen atoms in total. The first-order valence-electron chi connectivity index (χ1n) is 10.2. The number of piperidine rings is 1. The number of amides is 1.